The molecule has 1 aliphatic rings. The van der Waals surface area contributed by atoms with Gasteiger partial charge in [0.05, 0.1) is 0 Å². The fourth-order valence-corrected chi connectivity index (χ4v) is 4.00. The first-order chi connectivity index (χ1) is 15.1. The molecule has 5 heteroatoms. The summed E-state index contributed by atoms with van der Waals surface area (Å²) in [6.45, 7) is 11.9. The van der Waals surface area contributed by atoms with Crippen molar-refractivity contribution in [3.05, 3.63) is 65.2 Å². The zero-order chi connectivity index (χ0) is 23.3. The van der Waals surface area contributed by atoms with Gasteiger partial charge in [0.2, 0.25) is 5.91 Å². The minimum absolute atomic E-state index is 0.0684. The van der Waals surface area contributed by atoms with Crippen LogP contribution in [-0.4, -0.2) is 29.4 Å². The molecule has 3 rings (SSSR count). The van der Waals surface area contributed by atoms with Crippen LogP contribution in [-0.2, 0) is 16.8 Å². The van der Waals surface area contributed by atoms with E-state index < -0.39 is 6.04 Å². The normalized spacial score (nSPS) is 16.9. The van der Waals surface area contributed by atoms with E-state index in [2.05, 4.69) is 69.5 Å². The number of carbonyl (C=O) groups excluding carboxylic acids is 2. The molecule has 0 bridgehead atoms. The van der Waals surface area contributed by atoms with E-state index in [0.717, 1.165) is 24.1 Å². The summed E-state index contributed by atoms with van der Waals surface area (Å²) < 4.78 is 0. The second kappa shape index (κ2) is 10.2. The number of carbonyl (C=O) groups is 2. The van der Waals surface area contributed by atoms with Crippen LogP contribution in [0.1, 0.15) is 76.5 Å². The predicted molar refractivity (Wildman–Crippen MR) is 131 cm³/mol. The van der Waals surface area contributed by atoms with Gasteiger partial charge in [0.1, 0.15) is 6.04 Å². The van der Waals surface area contributed by atoms with Crippen LogP contribution in [0.15, 0.2) is 48.5 Å². The van der Waals surface area contributed by atoms with Crippen molar-refractivity contribution in [3.8, 4) is 0 Å². The van der Waals surface area contributed by atoms with Crippen LogP contribution in [0.2, 0.25) is 0 Å². The molecule has 1 atom stereocenters. The largest absolute Gasteiger partial charge is 0.354 e. The van der Waals surface area contributed by atoms with Crippen molar-refractivity contribution in [1.29, 1.82) is 0 Å². The number of anilines is 1. The van der Waals surface area contributed by atoms with Gasteiger partial charge in [-0.05, 0) is 59.4 Å². The van der Waals surface area contributed by atoms with Gasteiger partial charge in [0, 0.05) is 18.8 Å². The molecule has 172 valence electrons. The maximum absolute atomic E-state index is 13.4. The van der Waals surface area contributed by atoms with Crippen LogP contribution in [0.5, 0.6) is 0 Å². The molecule has 2 N–H and O–H groups in total. The molecule has 0 aromatic heterocycles. The molecule has 0 spiro atoms. The lowest BCUT2D eigenvalue weighted by Gasteiger charge is -2.30. The van der Waals surface area contributed by atoms with Gasteiger partial charge in [-0.25, -0.2) is 4.79 Å². The molecule has 2 aromatic carbocycles. The number of hydrogen-bond acceptors (Lipinski definition) is 2. The van der Waals surface area contributed by atoms with Gasteiger partial charge in [0.15, 0.2) is 0 Å². The average Bonchev–Trinajstić information content (AvgIpc) is 2.96. The summed E-state index contributed by atoms with van der Waals surface area (Å²) in [7, 11) is 0. The van der Waals surface area contributed by atoms with Gasteiger partial charge in [-0.15, -0.1) is 0 Å². The summed E-state index contributed by atoms with van der Waals surface area (Å²) >= 11 is 0. The van der Waals surface area contributed by atoms with Crippen molar-refractivity contribution in [2.75, 3.05) is 11.9 Å². The standard InChI is InChI=1S/C27H37N3O2/c1-19(2)21-11-15-23(16-12-21)29-26(32)30(24-8-6-7-17-28-25(24)31)18-20-9-13-22(14-10-20)27(3,4)5/h9-16,19,24H,6-8,17-18H2,1-5H3,(H,28,31)(H,29,32). The highest BCUT2D eigenvalue weighted by molar-refractivity contribution is 5.93. The SMILES string of the molecule is CC(C)c1ccc(NC(=O)N(Cc2ccc(C(C)(C)C)cc2)C2CCCCNC2=O)cc1. The highest BCUT2D eigenvalue weighted by atomic mass is 16.2. The quantitative estimate of drug-likeness (QED) is 0.622. The number of benzene rings is 2. The fraction of sp³-hybridized carbons (Fsp3) is 0.481. The van der Waals surface area contributed by atoms with Gasteiger partial charge in [-0.1, -0.05) is 71.0 Å². The molecular formula is C27H37N3O2. The third kappa shape index (κ3) is 6.12. The molecule has 1 aliphatic heterocycles. The molecule has 0 aliphatic carbocycles. The van der Waals surface area contributed by atoms with Crippen LogP contribution < -0.4 is 10.6 Å². The second-order valence-electron chi connectivity index (χ2n) is 10.1. The summed E-state index contributed by atoms with van der Waals surface area (Å²) in [5.74, 6) is 0.362. The van der Waals surface area contributed by atoms with Crippen molar-refractivity contribution in [2.45, 2.75) is 77.8 Å². The molecule has 0 radical (unpaired) electrons. The van der Waals surface area contributed by atoms with Gasteiger partial charge in [-0.2, -0.15) is 0 Å². The van der Waals surface area contributed by atoms with Crippen molar-refractivity contribution >= 4 is 17.6 Å². The van der Waals surface area contributed by atoms with Crippen molar-refractivity contribution in [1.82, 2.24) is 10.2 Å². The lowest BCUT2D eigenvalue weighted by Crippen LogP contribution is -2.49. The Hall–Kier alpha value is -2.82. The van der Waals surface area contributed by atoms with Crippen molar-refractivity contribution < 1.29 is 9.59 Å². The zero-order valence-corrected chi connectivity index (χ0v) is 20.1. The first-order valence-corrected chi connectivity index (χ1v) is 11.7. The Morgan fingerprint density at radius 2 is 1.72 bits per heavy atom. The number of urea groups is 1. The predicted octanol–water partition coefficient (Wildman–Crippen LogP) is 5.81. The summed E-state index contributed by atoms with van der Waals surface area (Å²) in [4.78, 5) is 27.8. The van der Waals surface area contributed by atoms with E-state index in [1.807, 2.05) is 24.3 Å². The lowest BCUT2D eigenvalue weighted by atomic mass is 9.86. The minimum atomic E-state index is -0.477. The van der Waals surface area contributed by atoms with E-state index in [0.29, 0.717) is 25.4 Å². The molecule has 1 unspecified atom stereocenters. The van der Waals surface area contributed by atoms with Crippen molar-refractivity contribution in [3.63, 3.8) is 0 Å². The van der Waals surface area contributed by atoms with Crippen LogP contribution in [0.3, 0.4) is 0 Å². The minimum Gasteiger partial charge on any atom is -0.354 e. The summed E-state index contributed by atoms with van der Waals surface area (Å²) in [5, 5.41) is 5.98. The van der Waals surface area contributed by atoms with E-state index in [4.69, 9.17) is 0 Å². The molecule has 2 aromatic rings. The zero-order valence-electron chi connectivity index (χ0n) is 20.1. The fourth-order valence-electron chi connectivity index (χ4n) is 4.00. The Labute approximate surface area is 192 Å². The van der Waals surface area contributed by atoms with Crippen molar-refractivity contribution in [2.24, 2.45) is 0 Å². The van der Waals surface area contributed by atoms with Crippen LogP contribution in [0, 0.1) is 0 Å². The molecule has 5 nitrogen and oxygen atoms in total. The molecule has 32 heavy (non-hydrogen) atoms. The van der Waals surface area contributed by atoms with E-state index in [-0.39, 0.29) is 17.4 Å². The summed E-state index contributed by atoms with van der Waals surface area (Å²) in [6, 6.07) is 15.6. The number of nitrogens with zero attached hydrogens (tertiary/aromatic N) is 1. The Balaban J connectivity index is 1.82. The number of hydrogen-bond donors (Lipinski definition) is 2. The Kier molecular flexibility index (Phi) is 7.60. The average molecular weight is 436 g/mol. The highest BCUT2D eigenvalue weighted by Crippen LogP contribution is 2.24. The van der Waals surface area contributed by atoms with E-state index in [9.17, 15) is 9.59 Å². The molecule has 1 saturated heterocycles. The monoisotopic (exact) mass is 435 g/mol. The number of nitrogens with one attached hydrogen (secondary N) is 2. The van der Waals surface area contributed by atoms with E-state index in [1.165, 1.54) is 11.1 Å². The molecule has 0 saturated carbocycles. The molecule has 1 heterocycles. The summed E-state index contributed by atoms with van der Waals surface area (Å²) in [5.41, 5.74) is 4.29. The summed E-state index contributed by atoms with van der Waals surface area (Å²) in [6.07, 6.45) is 2.53. The van der Waals surface area contributed by atoms with Crippen LogP contribution >= 0.6 is 0 Å². The van der Waals surface area contributed by atoms with Gasteiger partial charge >= 0.3 is 6.03 Å². The van der Waals surface area contributed by atoms with E-state index in [1.54, 1.807) is 4.90 Å². The number of amides is 3. The Morgan fingerprint density at radius 1 is 1.06 bits per heavy atom. The number of rotatable bonds is 5. The van der Waals surface area contributed by atoms with Crippen LogP contribution in [0.25, 0.3) is 0 Å². The molecule has 3 amide bonds. The van der Waals surface area contributed by atoms with Gasteiger partial charge in [-0.3, -0.25) is 4.79 Å². The molecular weight excluding hydrogens is 398 g/mol. The maximum atomic E-state index is 13.4. The van der Waals surface area contributed by atoms with Gasteiger partial charge in [0.25, 0.3) is 0 Å². The van der Waals surface area contributed by atoms with E-state index >= 15 is 0 Å². The first kappa shape index (κ1) is 23.8. The molecule has 1 fully saturated rings. The Bertz CT molecular complexity index is 911. The maximum Gasteiger partial charge on any atom is 0.322 e. The second-order valence-corrected chi connectivity index (χ2v) is 10.1. The van der Waals surface area contributed by atoms with Gasteiger partial charge < -0.3 is 15.5 Å². The van der Waals surface area contributed by atoms with Crippen LogP contribution in [0.4, 0.5) is 10.5 Å². The lowest BCUT2D eigenvalue weighted by molar-refractivity contribution is -0.125. The highest BCUT2D eigenvalue weighted by Gasteiger charge is 2.31. The third-order valence-electron chi connectivity index (χ3n) is 6.14. The topological polar surface area (TPSA) is 61.4 Å². The first-order valence-electron chi connectivity index (χ1n) is 11.7. The smallest absolute Gasteiger partial charge is 0.322 e. The third-order valence-corrected chi connectivity index (χ3v) is 6.14. The Morgan fingerprint density at radius 3 is 2.31 bits per heavy atom.